The van der Waals surface area contributed by atoms with Gasteiger partial charge in [0, 0.05) is 4.90 Å². The van der Waals surface area contributed by atoms with Crippen molar-refractivity contribution in [1.82, 2.24) is 5.32 Å². The van der Waals surface area contributed by atoms with Crippen LogP contribution >= 0.6 is 23.4 Å². The molecule has 0 bridgehead atoms. The maximum Gasteiger partial charge on any atom is 0.0541 e. The second-order valence-electron chi connectivity index (χ2n) is 4.28. The molecule has 16 heavy (non-hydrogen) atoms. The molecule has 2 rings (SSSR count). The van der Waals surface area contributed by atoms with Crippen molar-refractivity contribution in [2.45, 2.75) is 24.2 Å². The van der Waals surface area contributed by atoms with Crippen molar-refractivity contribution in [3.63, 3.8) is 0 Å². The fraction of sp³-hybridized carbons (Fsp3) is 0.538. The first-order chi connectivity index (χ1) is 7.86. The quantitative estimate of drug-likeness (QED) is 0.821. The van der Waals surface area contributed by atoms with Gasteiger partial charge in [-0.2, -0.15) is 0 Å². The molecule has 1 nitrogen and oxygen atoms in total. The number of rotatable bonds is 4. The molecule has 0 radical (unpaired) electrons. The molecule has 1 N–H and O–H groups in total. The highest BCUT2D eigenvalue weighted by atomic mass is 35.5. The van der Waals surface area contributed by atoms with Gasteiger partial charge >= 0.3 is 0 Å². The minimum atomic E-state index is 0.865. The van der Waals surface area contributed by atoms with Gasteiger partial charge in [-0.15, -0.1) is 11.8 Å². The molecule has 0 saturated carbocycles. The second-order valence-corrected chi connectivity index (χ2v) is 5.82. The van der Waals surface area contributed by atoms with Gasteiger partial charge in [0.15, 0.2) is 0 Å². The van der Waals surface area contributed by atoms with Crippen molar-refractivity contribution in [3.05, 3.63) is 29.3 Å². The Labute approximate surface area is 107 Å². The summed E-state index contributed by atoms with van der Waals surface area (Å²) < 4.78 is 0. The standard InChI is InChI=1S/C13H18ClNS/c14-12-5-1-2-6-13(12)16-9-7-11-4-3-8-15-10-11/h1-2,5-6,11,15H,3-4,7-10H2. The summed E-state index contributed by atoms with van der Waals surface area (Å²) in [6.07, 6.45) is 4.01. The molecule has 1 aliphatic rings. The molecule has 1 aliphatic heterocycles. The highest BCUT2D eigenvalue weighted by molar-refractivity contribution is 7.99. The van der Waals surface area contributed by atoms with Crippen LogP contribution in [0.25, 0.3) is 0 Å². The van der Waals surface area contributed by atoms with Gasteiger partial charge in [0.1, 0.15) is 0 Å². The van der Waals surface area contributed by atoms with E-state index < -0.39 is 0 Å². The predicted octanol–water partition coefficient (Wildman–Crippen LogP) is 3.82. The van der Waals surface area contributed by atoms with Gasteiger partial charge in [-0.3, -0.25) is 0 Å². The van der Waals surface area contributed by atoms with Crippen LogP contribution in [0.15, 0.2) is 29.2 Å². The number of thioether (sulfide) groups is 1. The van der Waals surface area contributed by atoms with Crippen LogP contribution < -0.4 is 5.32 Å². The zero-order valence-corrected chi connectivity index (χ0v) is 11.0. The lowest BCUT2D eigenvalue weighted by Crippen LogP contribution is -2.29. The summed E-state index contributed by atoms with van der Waals surface area (Å²) in [5.41, 5.74) is 0. The van der Waals surface area contributed by atoms with Crippen LogP contribution in [-0.2, 0) is 0 Å². The molecule has 88 valence electrons. The Morgan fingerprint density at radius 3 is 3.00 bits per heavy atom. The third kappa shape index (κ3) is 3.69. The fourth-order valence-corrected chi connectivity index (χ4v) is 3.42. The predicted molar refractivity (Wildman–Crippen MR) is 72.4 cm³/mol. The van der Waals surface area contributed by atoms with E-state index in [1.54, 1.807) is 0 Å². The van der Waals surface area contributed by atoms with Crippen molar-refractivity contribution in [2.24, 2.45) is 5.92 Å². The van der Waals surface area contributed by atoms with Gasteiger partial charge in [-0.05, 0) is 56.2 Å². The molecule has 0 aliphatic carbocycles. The van der Waals surface area contributed by atoms with E-state index in [1.807, 2.05) is 23.9 Å². The number of benzene rings is 1. The Hall–Kier alpha value is -0.180. The highest BCUT2D eigenvalue weighted by Crippen LogP contribution is 2.28. The Kier molecular flexibility index (Phi) is 5.01. The normalized spacial score (nSPS) is 20.9. The summed E-state index contributed by atoms with van der Waals surface area (Å²) in [6.45, 7) is 2.40. The zero-order chi connectivity index (χ0) is 11.2. The lowest BCUT2D eigenvalue weighted by Gasteiger charge is -2.22. The van der Waals surface area contributed by atoms with Gasteiger partial charge in [-0.1, -0.05) is 23.7 Å². The number of piperidine rings is 1. The van der Waals surface area contributed by atoms with Crippen LogP contribution in [0.2, 0.25) is 5.02 Å². The van der Waals surface area contributed by atoms with Gasteiger partial charge in [0.25, 0.3) is 0 Å². The van der Waals surface area contributed by atoms with E-state index >= 15 is 0 Å². The van der Waals surface area contributed by atoms with Gasteiger partial charge in [0.2, 0.25) is 0 Å². The Bertz CT molecular complexity index is 323. The average Bonchev–Trinajstić information content (AvgIpc) is 2.33. The summed E-state index contributed by atoms with van der Waals surface area (Å²) in [5, 5.41) is 4.34. The molecule has 0 aromatic heterocycles. The van der Waals surface area contributed by atoms with E-state index in [9.17, 15) is 0 Å². The Morgan fingerprint density at radius 2 is 2.25 bits per heavy atom. The van der Waals surface area contributed by atoms with Crippen LogP contribution in [0.5, 0.6) is 0 Å². The third-order valence-electron chi connectivity index (χ3n) is 3.02. The van der Waals surface area contributed by atoms with Crippen LogP contribution in [-0.4, -0.2) is 18.8 Å². The molecule has 3 heteroatoms. The number of hydrogen-bond acceptors (Lipinski definition) is 2. The molecule has 1 heterocycles. The number of hydrogen-bond donors (Lipinski definition) is 1. The third-order valence-corrected chi connectivity index (χ3v) is 4.57. The van der Waals surface area contributed by atoms with E-state index in [0.717, 1.165) is 10.9 Å². The minimum absolute atomic E-state index is 0.865. The van der Waals surface area contributed by atoms with Crippen molar-refractivity contribution in [2.75, 3.05) is 18.8 Å². The fourth-order valence-electron chi connectivity index (χ4n) is 2.07. The molecule has 1 aromatic carbocycles. The topological polar surface area (TPSA) is 12.0 Å². The van der Waals surface area contributed by atoms with E-state index in [-0.39, 0.29) is 0 Å². The molecule has 1 atom stereocenters. The zero-order valence-electron chi connectivity index (χ0n) is 9.42. The summed E-state index contributed by atoms with van der Waals surface area (Å²) in [6, 6.07) is 8.10. The van der Waals surface area contributed by atoms with E-state index in [4.69, 9.17) is 11.6 Å². The Morgan fingerprint density at radius 1 is 1.38 bits per heavy atom. The smallest absolute Gasteiger partial charge is 0.0541 e. The van der Waals surface area contributed by atoms with Crippen molar-refractivity contribution in [1.29, 1.82) is 0 Å². The molecule has 0 spiro atoms. The first-order valence-corrected chi connectivity index (χ1v) is 7.30. The lowest BCUT2D eigenvalue weighted by atomic mass is 9.97. The molecule has 1 aromatic rings. The van der Waals surface area contributed by atoms with Gasteiger partial charge in [0.05, 0.1) is 5.02 Å². The van der Waals surface area contributed by atoms with E-state index in [1.165, 1.54) is 43.0 Å². The number of nitrogens with one attached hydrogen (secondary N) is 1. The van der Waals surface area contributed by atoms with E-state index in [0.29, 0.717) is 0 Å². The largest absolute Gasteiger partial charge is 0.316 e. The summed E-state index contributed by atoms with van der Waals surface area (Å²) in [5.74, 6) is 2.04. The van der Waals surface area contributed by atoms with Crippen LogP contribution in [0.1, 0.15) is 19.3 Å². The number of halogens is 1. The first kappa shape index (κ1) is 12.3. The van der Waals surface area contributed by atoms with Crippen LogP contribution in [0.3, 0.4) is 0 Å². The summed E-state index contributed by atoms with van der Waals surface area (Å²) in [7, 11) is 0. The van der Waals surface area contributed by atoms with Crippen LogP contribution in [0, 0.1) is 5.92 Å². The lowest BCUT2D eigenvalue weighted by molar-refractivity contribution is 0.371. The summed E-state index contributed by atoms with van der Waals surface area (Å²) >= 11 is 7.99. The molecule has 0 amide bonds. The van der Waals surface area contributed by atoms with Crippen molar-refractivity contribution < 1.29 is 0 Å². The SMILES string of the molecule is Clc1ccccc1SCCC1CCCNC1. The van der Waals surface area contributed by atoms with Crippen molar-refractivity contribution in [3.8, 4) is 0 Å². The van der Waals surface area contributed by atoms with Crippen molar-refractivity contribution >= 4 is 23.4 Å². The second kappa shape index (κ2) is 6.53. The molecule has 1 saturated heterocycles. The summed E-state index contributed by atoms with van der Waals surface area (Å²) in [4.78, 5) is 1.22. The molecular weight excluding hydrogens is 238 g/mol. The monoisotopic (exact) mass is 255 g/mol. The van der Waals surface area contributed by atoms with E-state index in [2.05, 4.69) is 17.4 Å². The molecule has 1 fully saturated rings. The maximum atomic E-state index is 6.11. The molecular formula is C13H18ClNS. The highest BCUT2D eigenvalue weighted by Gasteiger charge is 2.12. The molecule has 1 unspecified atom stereocenters. The van der Waals surface area contributed by atoms with Gasteiger partial charge in [-0.25, -0.2) is 0 Å². The maximum absolute atomic E-state index is 6.11. The average molecular weight is 256 g/mol. The van der Waals surface area contributed by atoms with Gasteiger partial charge < -0.3 is 5.32 Å². The first-order valence-electron chi connectivity index (χ1n) is 5.94. The van der Waals surface area contributed by atoms with Crippen LogP contribution in [0.4, 0.5) is 0 Å². The minimum Gasteiger partial charge on any atom is -0.316 e. The Balaban J connectivity index is 1.73.